The van der Waals surface area contributed by atoms with Crippen LogP contribution >= 0.6 is 0 Å². The SMILES string of the molecule is Nc1ccccc1C(=O)CCCC(F)(F)F. The van der Waals surface area contributed by atoms with Gasteiger partial charge < -0.3 is 5.73 Å². The zero-order valence-electron chi connectivity index (χ0n) is 8.55. The number of rotatable bonds is 4. The molecule has 0 spiro atoms. The standard InChI is InChI=1S/C11H12F3NO/c12-11(13,14)7-3-6-10(16)8-4-1-2-5-9(8)15/h1-2,4-5H,3,6-7,15H2. The fourth-order valence-corrected chi connectivity index (χ4v) is 1.34. The third-order valence-electron chi connectivity index (χ3n) is 2.13. The minimum Gasteiger partial charge on any atom is -0.398 e. The van der Waals surface area contributed by atoms with Gasteiger partial charge in [-0.1, -0.05) is 12.1 Å². The average molecular weight is 231 g/mol. The van der Waals surface area contributed by atoms with Gasteiger partial charge >= 0.3 is 6.18 Å². The summed E-state index contributed by atoms with van der Waals surface area (Å²) in [5, 5.41) is 0. The van der Waals surface area contributed by atoms with E-state index in [-0.39, 0.29) is 18.6 Å². The second-order valence-corrected chi connectivity index (χ2v) is 3.48. The first-order valence-electron chi connectivity index (χ1n) is 4.84. The lowest BCUT2D eigenvalue weighted by molar-refractivity contribution is -0.135. The number of ketones is 1. The molecular formula is C11H12F3NO. The second-order valence-electron chi connectivity index (χ2n) is 3.48. The van der Waals surface area contributed by atoms with Gasteiger partial charge in [-0.2, -0.15) is 13.2 Å². The van der Waals surface area contributed by atoms with Crippen LogP contribution in [-0.2, 0) is 0 Å². The molecule has 1 aromatic carbocycles. The number of nitrogen functional groups attached to an aromatic ring is 1. The number of halogens is 3. The topological polar surface area (TPSA) is 43.1 Å². The fourth-order valence-electron chi connectivity index (χ4n) is 1.34. The maximum Gasteiger partial charge on any atom is 0.389 e. The molecule has 0 bridgehead atoms. The minimum atomic E-state index is -4.21. The van der Waals surface area contributed by atoms with Crippen molar-refractivity contribution in [1.82, 2.24) is 0 Å². The summed E-state index contributed by atoms with van der Waals surface area (Å²) in [6.45, 7) is 0. The van der Waals surface area contributed by atoms with Gasteiger partial charge in [0.2, 0.25) is 0 Å². The highest BCUT2D eigenvalue weighted by molar-refractivity contribution is 6.00. The second kappa shape index (κ2) is 5.01. The molecule has 1 rings (SSSR count). The van der Waals surface area contributed by atoms with Crippen LogP contribution in [-0.4, -0.2) is 12.0 Å². The summed E-state index contributed by atoms with van der Waals surface area (Å²) in [7, 11) is 0. The molecule has 0 saturated heterocycles. The van der Waals surface area contributed by atoms with Crippen LogP contribution in [0.1, 0.15) is 29.6 Å². The number of anilines is 1. The molecule has 0 amide bonds. The number of carbonyl (C=O) groups excluding carboxylic acids is 1. The molecule has 88 valence electrons. The molecule has 5 heteroatoms. The van der Waals surface area contributed by atoms with Crippen molar-refractivity contribution in [2.24, 2.45) is 0 Å². The summed E-state index contributed by atoms with van der Waals surface area (Å²) in [4.78, 5) is 11.5. The van der Waals surface area contributed by atoms with Crippen LogP contribution in [0.25, 0.3) is 0 Å². The Kier molecular flexibility index (Phi) is 3.93. The normalized spacial score (nSPS) is 11.4. The molecule has 0 atom stereocenters. The first-order chi connectivity index (χ1) is 7.40. The Bertz CT molecular complexity index is 374. The van der Waals surface area contributed by atoms with E-state index in [1.54, 1.807) is 18.2 Å². The quantitative estimate of drug-likeness (QED) is 0.638. The Balaban J connectivity index is 2.51. The Morgan fingerprint density at radius 1 is 1.25 bits per heavy atom. The summed E-state index contributed by atoms with van der Waals surface area (Å²) in [5.74, 6) is -0.345. The smallest absolute Gasteiger partial charge is 0.389 e. The Hall–Kier alpha value is -1.52. The number of para-hydroxylation sites is 1. The van der Waals surface area contributed by atoms with E-state index in [9.17, 15) is 18.0 Å². The molecule has 0 aliphatic heterocycles. The first kappa shape index (κ1) is 12.5. The molecule has 16 heavy (non-hydrogen) atoms. The average Bonchev–Trinajstić information content (AvgIpc) is 2.16. The molecule has 0 radical (unpaired) electrons. The highest BCUT2D eigenvalue weighted by Crippen LogP contribution is 2.23. The molecule has 0 heterocycles. The van der Waals surface area contributed by atoms with Gasteiger partial charge in [0.05, 0.1) is 0 Å². The summed E-state index contributed by atoms with van der Waals surface area (Å²) < 4.78 is 35.6. The number of nitrogens with two attached hydrogens (primary N) is 1. The Morgan fingerprint density at radius 3 is 2.44 bits per heavy atom. The number of carbonyl (C=O) groups is 1. The lowest BCUT2D eigenvalue weighted by Crippen LogP contribution is -2.09. The van der Waals surface area contributed by atoms with Crippen molar-refractivity contribution in [1.29, 1.82) is 0 Å². The molecule has 0 fully saturated rings. The van der Waals surface area contributed by atoms with Crippen molar-refractivity contribution in [3.05, 3.63) is 29.8 Å². The number of hydrogen-bond donors (Lipinski definition) is 1. The third-order valence-corrected chi connectivity index (χ3v) is 2.13. The van der Waals surface area contributed by atoms with E-state index in [0.29, 0.717) is 11.3 Å². The van der Waals surface area contributed by atoms with E-state index < -0.39 is 12.6 Å². The van der Waals surface area contributed by atoms with E-state index >= 15 is 0 Å². The molecule has 2 N–H and O–H groups in total. The predicted octanol–water partition coefficient (Wildman–Crippen LogP) is 3.18. The highest BCUT2D eigenvalue weighted by atomic mass is 19.4. The van der Waals surface area contributed by atoms with Gasteiger partial charge in [-0.3, -0.25) is 4.79 Å². The minimum absolute atomic E-state index is 0.131. The van der Waals surface area contributed by atoms with Crippen molar-refractivity contribution in [2.75, 3.05) is 5.73 Å². The van der Waals surface area contributed by atoms with Crippen molar-refractivity contribution in [3.63, 3.8) is 0 Å². The van der Waals surface area contributed by atoms with Gasteiger partial charge in [-0.25, -0.2) is 0 Å². The lowest BCUT2D eigenvalue weighted by atomic mass is 10.0. The van der Waals surface area contributed by atoms with Gasteiger partial charge in [-0.05, 0) is 18.6 Å². The van der Waals surface area contributed by atoms with Crippen LogP contribution in [0.3, 0.4) is 0 Å². The van der Waals surface area contributed by atoms with Gasteiger partial charge in [0.25, 0.3) is 0 Å². The van der Waals surface area contributed by atoms with Crippen LogP contribution in [0, 0.1) is 0 Å². The predicted molar refractivity (Wildman–Crippen MR) is 55.1 cm³/mol. The summed E-state index contributed by atoms with van der Waals surface area (Å²) >= 11 is 0. The summed E-state index contributed by atoms with van der Waals surface area (Å²) in [5.41, 5.74) is 6.14. The Morgan fingerprint density at radius 2 is 1.88 bits per heavy atom. The van der Waals surface area contributed by atoms with E-state index in [1.165, 1.54) is 6.07 Å². The third kappa shape index (κ3) is 3.92. The van der Waals surface area contributed by atoms with Crippen molar-refractivity contribution in [3.8, 4) is 0 Å². The summed E-state index contributed by atoms with van der Waals surface area (Å²) in [6, 6.07) is 6.37. The number of alkyl halides is 3. The van der Waals surface area contributed by atoms with Crippen LogP contribution < -0.4 is 5.73 Å². The fraction of sp³-hybridized carbons (Fsp3) is 0.364. The monoisotopic (exact) mass is 231 g/mol. The molecule has 0 unspecified atom stereocenters. The Labute approximate surface area is 91.3 Å². The van der Waals surface area contributed by atoms with E-state index in [4.69, 9.17) is 5.73 Å². The van der Waals surface area contributed by atoms with Crippen LogP contribution in [0.5, 0.6) is 0 Å². The van der Waals surface area contributed by atoms with Crippen molar-refractivity contribution < 1.29 is 18.0 Å². The molecule has 0 aliphatic carbocycles. The van der Waals surface area contributed by atoms with E-state index in [1.807, 2.05) is 0 Å². The van der Waals surface area contributed by atoms with Gasteiger partial charge in [0.15, 0.2) is 5.78 Å². The largest absolute Gasteiger partial charge is 0.398 e. The first-order valence-corrected chi connectivity index (χ1v) is 4.84. The number of hydrogen-bond acceptors (Lipinski definition) is 2. The van der Waals surface area contributed by atoms with Crippen molar-refractivity contribution >= 4 is 11.5 Å². The van der Waals surface area contributed by atoms with E-state index in [2.05, 4.69) is 0 Å². The van der Waals surface area contributed by atoms with Gasteiger partial charge in [-0.15, -0.1) is 0 Å². The van der Waals surface area contributed by atoms with Gasteiger partial charge in [0, 0.05) is 24.1 Å². The molecular weight excluding hydrogens is 219 g/mol. The zero-order chi connectivity index (χ0) is 12.2. The molecule has 0 aromatic heterocycles. The molecule has 0 saturated carbocycles. The van der Waals surface area contributed by atoms with Crippen LogP contribution in [0.2, 0.25) is 0 Å². The van der Waals surface area contributed by atoms with Crippen LogP contribution in [0.15, 0.2) is 24.3 Å². The number of Topliss-reactive ketones (excluding diaryl/α,β-unsaturated/α-hetero) is 1. The maximum atomic E-state index is 11.9. The zero-order valence-corrected chi connectivity index (χ0v) is 8.55. The van der Waals surface area contributed by atoms with Gasteiger partial charge in [0.1, 0.15) is 0 Å². The molecule has 2 nitrogen and oxygen atoms in total. The van der Waals surface area contributed by atoms with E-state index in [0.717, 1.165) is 0 Å². The van der Waals surface area contributed by atoms with Crippen molar-refractivity contribution in [2.45, 2.75) is 25.4 Å². The highest BCUT2D eigenvalue weighted by Gasteiger charge is 2.26. The van der Waals surface area contributed by atoms with Crippen LogP contribution in [0.4, 0.5) is 18.9 Å². The maximum absolute atomic E-state index is 11.9. The number of benzene rings is 1. The molecule has 0 aliphatic rings. The summed E-state index contributed by atoms with van der Waals surface area (Å²) in [6.07, 6.45) is -5.47. The molecule has 1 aromatic rings. The lowest BCUT2D eigenvalue weighted by Gasteiger charge is -2.06.